The number of hydrogen-bond donors (Lipinski definition) is 2. The predicted octanol–water partition coefficient (Wildman–Crippen LogP) is 1.88. The molecule has 1 fully saturated rings. The lowest BCUT2D eigenvalue weighted by molar-refractivity contribution is -0.144. The summed E-state index contributed by atoms with van der Waals surface area (Å²) in [7, 11) is 0. The molecule has 1 amide bonds. The van der Waals surface area contributed by atoms with E-state index >= 15 is 0 Å². The first-order chi connectivity index (χ1) is 11.3. The highest BCUT2D eigenvalue weighted by Crippen LogP contribution is 2.21. The molecule has 1 aliphatic rings. The van der Waals surface area contributed by atoms with E-state index in [1.807, 2.05) is 12.1 Å². The number of carboxylic acids is 1. The fraction of sp³-hybridized carbons (Fsp3) is 0.588. The number of ether oxygens (including phenoxy) is 1. The SMILES string of the molecule is CC(C)(C)OC(=O)N1CC[C@@H](NCc2cccnc2)[C@@H](C(=O)O)C1. The van der Waals surface area contributed by atoms with Gasteiger partial charge in [0.05, 0.1) is 5.92 Å². The molecule has 132 valence electrons. The lowest BCUT2D eigenvalue weighted by Gasteiger charge is -2.37. The molecular weight excluding hydrogens is 310 g/mol. The molecule has 2 atom stereocenters. The maximum atomic E-state index is 12.2. The van der Waals surface area contributed by atoms with Crippen LogP contribution in [0, 0.1) is 5.92 Å². The number of carbonyl (C=O) groups is 2. The van der Waals surface area contributed by atoms with Crippen molar-refractivity contribution in [2.24, 2.45) is 5.92 Å². The standard InChI is InChI=1S/C17H25N3O4/c1-17(2,3)24-16(23)20-8-6-14(13(11-20)15(21)22)19-10-12-5-4-7-18-9-12/h4-5,7,9,13-14,19H,6,8,10-11H2,1-3H3,(H,21,22)/t13-,14+/m0/s1. The smallest absolute Gasteiger partial charge is 0.410 e. The highest BCUT2D eigenvalue weighted by atomic mass is 16.6. The number of aliphatic carboxylic acids is 1. The maximum absolute atomic E-state index is 12.2. The Kier molecular flexibility index (Phi) is 5.77. The molecule has 1 aromatic heterocycles. The normalized spacial score (nSPS) is 21.4. The molecule has 0 saturated carbocycles. The van der Waals surface area contributed by atoms with E-state index in [0.29, 0.717) is 19.5 Å². The molecule has 2 rings (SSSR count). The summed E-state index contributed by atoms with van der Waals surface area (Å²) in [6.07, 6.45) is 3.55. The van der Waals surface area contributed by atoms with Gasteiger partial charge >= 0.3 is 12.1 Å². The molecule has 0 radical (unpaired) electrons. The molecule has 0 bridgehead atoms. The highest BCUT2D eigenvalue weighted by Gasteiger charge is 2.37. The van der Waals surface area contributed by atoms with Crippen molar-refractivity contribution in [3.8, 4) is 0 Å². The summed E-state index contributed by atoms with van der Waals surface area (Å²) >= 11 is 0. The average Bonchev–Trinajstić information content (AvgIpc) is 2.52. The first kappa shape index (κ1) is 18.2. The summed E-state index contributed by atoms with van der Waals surface area (Å²) in [4.78, 5) is 29.3. The Morgan fingerprint density at radius 2 is 2.21 bits per heavy atom. The van der Waals surface area contributed by atoms with Crippen molar-refractivity contribution < 1.29 is 19.4 Å². The lowest BCUT2D eigenvalue weighted by Crippen LogP contribution is -2.54. The van der Waals surface area contributed by atoms with Gasteiger partial charge in [0.2, 0.25) is 0 Å². The fourth-order valence-electron chi connectivity index (χ4n) is 2.69. The molecule has 2 heterocycles. The molecule has 1 aromatic rings. The number of hydrogen-bond acceptors (Lipinski definition) is 5. The van der Waals surface area contributed by atoms with Gasteiger partial charge in [-0.2, -0.15) is 0 Å². The van der Waals surface area contributed by atoms with Crippen LogP contribution >= 0.6 is 0 Å². The van der Waals surface area contributed by atoms with Crippen molar-refractivity contribution in [2.45, 2.75) is 45.4 Å². The number of nitrogens with one attached hydrogen (secondary N) is 1. The first-order valence-electron chi connectivity index (χ1n) is 8.09. The van der Waals surface area contributed by atoms with Crippen molar-refractivity contribution in [2.75, 3.05) is 13.1 Å². The van der Waals surface area contributed by atoms with Gasteiger partial charge in [0.1, 0.15) is 5.60 Å². The van der Waals surface area contributed by atoms with Crippen LogP contribution in [0.15, 0.2) is 24.5 Å². The minimum atomic E-state index is -0.910. The second-order valence-corrected chi connectivity index (χ2v) is 7.01. The van der Waals surface area contributed by atoms with Crippen LogP contribution in [-0.4, -0.2) is 51.8 Å². The van der Waals surface area contributed by atoms with Crippen molar-refractivity contribution in [1.82, 2.24) is 15.2 Å². The van der Waals surface area contributed by atoms with Crippen LogP contribution in [0.5, 0.6) is 0 Å². The van der Waals surface area contributed by atoms with Crippen molar-refractivity contribution >= 4 is 12.1 Å². The first-order valence-corrected chi connectivity index (χ1v) is 8.09. The third-order valence-corrected chi connectivity index (χ3v) is 3.87. The van der Waals surface area contributed by atoms with Crippen LogP contribution in [-0.2, 0) is 16.1 Å². The second-order valence-electron chi connectivity index (χ2n) is 7.01. The number of likely N-dealkylation sites (tertiary alicyclic amines) is 1. The fourth-order valence-corrected chi connectivity index (χ4v) is 2.69. The van der Waals surface area contributed by atoms with Crippen LogP contribution in [0.2, 0.25) is 0 Å². The van der Waals surface area contributed by atoms with E-state index in [-0.39, 0.29) is 12.6 Å². The number of pyridine rings is 1. The zero-order chi connectivity index (χ0) is 17.7. The topological polar surface area (TPSA) is 91.8 Å². The zero-order valence-corrected chi connectivity index (χ0v) is 14.4. The zero-order valence-electron chi connectivity index (χ0n) is 14.4. The molecular formula is C17H25N3O4. The van der Waals surface area contributed by atoms with E-state index in [9.17, 15) is 14.7 Å². The summed E-state index contributed by atoms with van der Waals surface area (Å²) in [5, 5.41) is 12.8. The number of carboxylic acid groups (broad SMARTS) is 1. The Morgan fingerprint density at radius 1 is 1.46 bits per heavy atom. The van der Waals surface area contributed by atoms with E-state index in [0.717, 1.165) is 5.56 Å². The van der Waals surface area contributed by atoms with Gasteiger partial charge in [-0.1, -0.05) is 6.07 Å². The number of aromatic nitrogens is 1. The van der Waals surface area contributed by atoms with Crippen LogP contribution in [0.1, 0.15) is 32.8 Å². The minimum absolute atomic E-state index is 0.148. The van der Waals surface area contributed by atoms with Gasteiger partial charge in [-0.3, -0.25) is 9.78 Å². The van der Waals surface area contributed by atoms with E-state index in [4.69, 9.17) is 4.74 Å². The molecule has 7 heteroatoms. The van der Waals surface area contributed by atoms with Crippen molar-refractivity contribution in [3.05, 3.63) is 30.1 Å². The number of carbonyl (C=O) groups excluding carboxylic acids is 1. The van der Waals surface area contributed by atoms with Gasteiger partial charge in [-0.05, 0) is 38.8 Å². The Labute approximate surface area is 142 Å². The van der Waals surface area contributed by atoms with E-state index in [1.54, 1.807) is 33.2 Å². The summed E-state index contributed by atoms with van der Waals surface area (Å²) < 4.78 is 5.34. The predicted molar refractivity (Wildman–Crippen MR) is 88.4 cm³/mol. The third-order valence-electron chi connectivity index (χ3n) is 3.87. The molecule has 24 heavy (non-hydrogen) atoms. The van der Waals surface area contributed by atoms with Crippen LogP contribution in [0.3, 0.4) is 0 Å². The van der Waals surface area contributed by atoms with Crippen molar-refractivity contribution in [3.63, 3.8) is 0 Å². The summed E-state index contributed by atoms with van der Waals surface area (Å²) in [6, 6.07) is 3.59. The number of piperidine rings is 1. The Balaban J connectivity index is 1.95. The number of rotatable bonds is 4. The van der Waals surface area contributed by atoms with Gasteiger partial charge in [0.25, 0.3) is 0 Å². The van der Waals surface area contributed by atoms with E-state index in [1.165, 1.54) is 4.90 Å². The molecule has 1 aliphatic heterocycles. The molecule has 2 N–H and O–H groups in total. The van der Waals surface area contributed by atoms with Gasteiger partial charge in [0, 0.05) is 38.1 Å². The van der Waals surface area contributed by atoms with Crippen LogP contribution in [0.4, 0.5) is 4.79 Å². The van der Waals surface area contributed by atoms with Crippen LogP contribution in [0.25, 0.3) is 0 Å². The highest BCUT2D eigenvalue weighted by molar-refractivity contribution is 5.74. The monoisotopic (exact) mass is 335 g/mol. The van der Waals surface area contributed by atoms with Gasteiger partial charge in [-0.15, -0.1) is 0 Å². The molecule has 0 aliphatic carbocycles. The van der Waals surface area contributed by atoms with E-state index in [2.05, 4.69) is 10.3 Å². The molecule has 0 spiro atoms. The molecule has 1 saturated heterocycles. The van der Waals surface area contributed by atoms with E-state index < -0.39 is 23.6 Å². The Hall–Kier alpha value is -2.15. The average molecular weight is 335 g/mol. The summed E-state index contributed by atoms with van der Waals surface area (Å²) in [5.74, 6) is -1.57. The maximum Gasteiger partial charge on any atom is 0.410 e. The Bertz CT molecular complexity index is 571. The van der Waals surface area contributed by atoms with Gasteiger partial charge in [0.15, 0.2) is 0 Å². The third kappa shape index (κ3) is 5.19. The Morgan fingerprint density at radius 3 is 2.79 bits per heavy atom. The molecule has 7 nitrogen and oxygen atoms in total. The minimum Gasteiger partial charge on any atom is -0.481 e. The van der Waals surface area contributed by atoms with Crippen LogP contribution < -0.4 is 5.32 Å². The van der Waals surface area contributed by atoms with Gasteiger partial charge < -0.3 is 20.1 Å². The molecule has 0 unspecified atom stereocenters. The molecule has 0 aromatic carbocycles. The number of amides is 1. The summed E-state index contributed by atoms with van der Waals surface area (Å²) in [6.45, 7) is 6.55. The van der Waals surface area contributed by atoms with Crippen molar-refractivity contribution in [1.29, 1.82) is 0 Å². The number of nitrogens with zero attached hydrogens (tertiary/aromatic N) is 2. The largest absolute Gasteiger partial charge is 0.481 e. The second kappa shape index (κ2) is 7.61. The quantitative estimate of drug-likeness (QED) is 0.873. The lowest BCUT2D eigenvalue weighted by atomic mass is 9.92. The van der Waals surface area contributed by atoms with Gasteiger partial charge in [-0.25, -0.2) is 4.79 Å². The summed E-state index contributed by atoms with van der Waals surface area (Å²) in [5.41, 5.74) is 0.404.